The highest BCUT2D eigenvalue weighted by Gasteiger charge is 2.17. The standard InChI is InChI=1S/C12H17NO5S/c1-8(2)18-12(14)7-9-4-5-10(17-3)11(6-9)19(13,15)16/h4-6,8H,7H2,1-3H3,(H2,13,15,16). The second kappa shape index (κ2) is 6.03. The van der Waals surface area contributed by atoms with Gasteiger partial charge in [0, 0.05) is 0 Å². The lowest BCUT2D eigenvalue weighted by Gasteiger charge is -2.10. The van der Waals surface area contributed by atoms with E-state index in [2.05, 4.69) is 0 Å². The van der Waals surface area contributed by atoms with Gasteiger partial charge in [0.25, 0.3) is 0 Å². The molecule has 0 saturated carbocycles. The SMILES string of the molecule is COc1ccc(CC(=O)OC(C)C)cc1S(N)(=O)=O. The summed E-state index contributed by atoms with van der Waals surface area (Å²) in [7, 11) is -2.56. The van der Waals surface area contributed by atoms with E-state index in [1.165, 1.54) is 19.2 Å². The summed E-state index contributed by atoms with van der Waals surface area (Å²) in [5, 5.41) is 5.09. The fourth-order valence-electron chi connectivity index (χ4n) is 1.52. The van der Waals surface area contributed by atoms with Crippen LogP contribution in [0.2, 0.25) is 0 Å². The van der Waals surface area contributed by atoms with E-state index in [-0.39, 0.29) is 23.2 Å². The van der Waals surface area contributed by atoms with Crippen LogP contribution in [0.5, 0.6) is 5.75 Å². The first-order valence-electron chi connectivity index (χ1n) is 5.63. The number of carbonyl (C=O) groups is 1. The van der Waals surface area contributed by atoms with Crippen molar-refractivity contribution in [3.05, 3.63) is 23.8 Å². The molecule has 6 nitrogen and oxygen atoms in total. The Morgan fingerprint density at radius 1 is 1.37 bits per heavy atom. The highest BCUT2D eigenvalue weighted by molar-refractivity contribution is 7.89. The molecule has 0 bridgehead atoms. The summed E-state index contributed by atoms with van der Waals surface area (Å²) in [6.07, 6.45) is -0.242. The lowest BCUT2D eigenvalue weighted by atomic mass is 10.1. The maximum atomic E-state index is 11.5. The Hall–Kier alpha value is -1.60. The van der Waals surface area contributed by atoms with Gasteiger partial charge in [-0.3, -0.25) is 4.79 Å². The predicted octanol–water partition coefficient (Wildman–Crippen LogP) is 0.837. The Labute approximate surface area is 112 Å². The first-order chi connectivity index (χ1) is 8.74. The van der Waals surface area contributed by atoms with Crippen molar-refractivity contribution in [2.75, 3.05) is 7.11 Å². The third-order valence-corrected chi connectivity index (χ3v) is 3.18. The summed E-state index contributed by atoms with van der Waals surface area (Å²) in [5.74, 6) is -0.288. The number of methoxy groups -OCH3 is 1. The number of carbonyl (C=O) groups excluding carboxylic acids is 1. The summed E-state index contributed by atoms with van der Waals surface area (Å²) in [6, 6.07) is 4.36. The van der Waals surface area contributed by atoms with Crippen molar-refractivity contribution < 1.29 is 22.7 Å². The van der Waals surface area contributed by atoms with Crippen molar-refractivity contribution in [1.29, 1.82) is 0 Å². The van der Waals surface area contributed by atoms with Crippen LogP contribution in [0.3, 0.4) is 0 Å². The normalized spacial score (nSPS) is 11.4. The van der Waals surface area contributed by atoms with Crippen molar-refractivity contribution in [1.82, 2.24) is 0 Å². The molecule has 0 radical (unpaired) electrons. The molecular weight excluding hydrogens is 270 g/mol. The fourth-order valence-corrected chi connectivity index (χ4v) is 2.27. The van der Waals surface area contributed by atoms with Crippen molar-refractivity contribution >= 4 is 16.0 Å². The van der Waals surface area contributed by atoms with E-state index in [4.69, 9.17) is 14.6 Å². The Morgan fingerprint density at radius 3 is 2.47 bits per heavy atom. The van der Waals surface area contributed by atoms with Crippen LogP contribution in [0.25, 0.3) is 0 Å². The molecule has 0 fully saturated rings. The van der Waals surface area contributed by atoms with Crippen LogP contribution in [0.1, 0.15) is 19.4 Å². The maximum absolute atomic E-state index is 11.5. The number of benzene rings is 1. The summed E-state index contributed by atoms with van der Waals surface area (Å²) in [6.45, 7) is 3.48. The third kappa shape index (κ3) is 4.53. The predicted molar refractivity (Wildman–Crippen MR) is 69.3 cm³/mol. The molecule has 19 heavy (non-hydrogen) atoms. The molecule has 0 saturated heterocycles. The number of sulfonamides is 1. The van der Waals surface area contributed by atoms with Crippen LogP contribution in [0, 0.1) is 0 Å². The number of nitrogens with two attached hydrogens (primary N) is 1. The molecule has 0 aliphatic carbocycles. The number of rotatable bonds is 5. The van der Waals surface area contributed by atoms with E-state index in [1.807, 2.05) is 0 Å². The van der Waals surface area contributed by atoms with Gasteiger partial charge in [0.15, 0.2) is 0 Å². The summed E-state index contributed by atoms with van der Waals surface area (Å²) in [4.78, 5) is 11.4. The Balaban J connectivity index is 3.03. The molecule has 1 rings (SSSR count). The topological polar surface area (TPSA) is 95.7 Å². The molecule has 2 N–H and O–H groups in total. The van der Waals surface area contributed by atoms with Gasteiger partial charge in [-0.2, -0.15) is 0 Å². The van der Waals surface area contributed by atoms with Crippen molar-refractivity contribution in [2.45, 2.75) is 31.3 Å². The van der Waals surface area contributed by atoms with Gasteiger partial charge in [0.1, 0.15) is 10.6 Å². The molecule has 0 aromatic heterocycles. The van der Waals surface area contributed by atoms with Gasteiger partial charge in [-0.05, 0) is 31.5 Å². The first kappa shape index (κ1) is 15.5. The summed E-state index contributed by atoms with van der Waals surface area (Å²) < 4.78 is 32.7. The average molecular weight is 287 g/mol. The van der Waals surface area contributed by atoms with E-state index in [0.29, 0.717) is 5.56 Å². The van der Waals surface area contributed by atoms with Crippen LogP contribution < -0.4 is 9.88 Å². The maximum Gasteiger partial charge on any atom is 0.310 e. The Morgan fingerprint density at radius 2 is 2.00 bits per heavy atom. The highest BCUT2D eigenvalue weighted by Crippen LogP contribution is 2.24. The second-order valence-corrected chi connectivity index (χ2v) is 5.78. The molecule has 0 atom stereocenters. The average Bonchev–Trinajstić information content (AvgIpc) is 2.26. The minimum atomic E-state index is -3.90. The second-order valence-electron chi connectivity index (χ2n) is 4.25. The largest absolute Gasteiger partial charge is 0.495 e. The minimum Gasteiger partial charge on any atom is -0.495 e. The van der Waals surface area contributed by atoms with E-state index in [9.17, 15) is 13.2 Å². The molecule has 0 aliphatic heterocycles. The highest BCUT2D eigenvalue weighted by atomic mass is 32.2. The number of primary sulfonamides is 1. The number of hydrogen-bond donors (Lipinski definition) is 1. The van der Waals surface area contributed by atoms with E-state index >= 15 is 0 Å². The molecule has 1 aromatic carbocycles. The minimum absolute atomic E-state index is 0.0231. The third-order valence-electron chi connectivity index (χ3n) is 2.25. The van der Waals surface area contributed by atoms with E-state index < -0.39 is 16.0 Å². The molecule has 1 aromatic rings. The van der Waals surface area contributed by atoms with Gasteiger partial charge in [-0.1, -0.05) is 6.07 Å². The molecule has 0 heterocycles. The lowest BCUT2D eigenvalue weighted by molar-refractivity contribution is -0.146. The molecule has 7 heteroatoms. The smallest absolute Gasteiger partial charge is 0.310 e. The van der Waals surface area contributed by atoms with Crippen molar-refractivity contribution in [3.63, 3.8) is 0 Å². The molecular formula is C12H17NO5S. The number of ether oxygens (including phenoxy) is 2. The number of hydrogen-bond acceptors (Lipinski definition) is 5. The molecule has 106 valence electrons. The van der Waals surface area contributed by atoms with Crippen molar-refractivity contribution in [2.24, 2.45) is 5.14 Å². The summed E-state index contributed by atoms with van der Waals surface area (Å²) in [5.41, 5.74) is 0.496. The zero-order chi connectivity index (χ0) is 14.6. The van der Waals surface area contributed by atoms with Crippen LogP contribution in [0.15, 0.2) is 23.1 Å². The van der Waals surface area contributed by atoms with Crippen LogP contribution >= 0.6 is 0 Å². The van der Waals surface area contributed by atoms with Gasteiger partial charge >= 0.3 is 5.97 Å². The molecule has 0 unspecified atom stereocenters. The monoisotopic (exact) mass is 287 g/mol. The van der Waals surface area contributed by atoms with Gasteiger partial charge < -0.3 is 9.47 Å². The van der Waals surface area contributed by atoms with Gasteiger partial charge in [-0.25, -0.2) is 13.6 Å². The van der Waals surface area contributed by atoms with Gasteiger partial charge in [0.2, 0.25) is 10.0 Å². The zero-order valence-corrected chi connectivity index (χ0v) is 11.9. The Kier molecular flexibility index (Phi) is 4.90. The van der Waals surface area contributed by atoms with Crippen molar-refractivity contribution in [3.8, 4) is 5.75 Å². The van der Waals surface area contributed by atoms with E-state index in [1.54, 1.807) is 19.9 Å². The molecule has 0 aliphatic rings. The molecule has 0 spiro atoms. The quantitative estimate of drug-likeness (QED) is 0.809. The number of esters is 1. The summed E-state index contributed by atoms with van der Waals surface area (Å²) >= 11 is 0. The van der Waals surface area contributed by atoms with Crippen LogP contribution in [-0.4, -0.2) is 27.6 Å². The first-order valence-corrected chi connectivity index (χ1v) is 7.18. The van der Waals surface area contributed by atoms with Crippen LogP contribution in [-0.2, 0) is 26.0 Å². The van der Waals surface area contributed by atoms with Gasteiger partial charge in [-0.15, -0.1) is 0 Å². The van der Waals surface area contributed by atoms with Gasteiger partial charge in [0.05, 0.1) is 19.6 Å². The van der Waals surface area contributed by atoms with Crippen LogP contribution in [0.4, 0.5) is 0 Å². The Bertz CT molecular complexity index is 565. The molecule has 0 amide bonds. The lowest BCUT2D eigenvalue weighted by Crippen LogP contribution is -2.16. The van der Waals surface area contributed by atoms with E-state index in [0.717, 1.165) is 0 Å². The zero-order valence-electron chi connectivity index (χ0n) is 11.0. The fraction of sp³-hybridized carbons (Fsp3) is 0.417.